The lowest BCUT2D eigenvalue weighted by Crippen LogP contribution is -2.49. The number of benzene rings is 1. The fourth-order valence-electron chi connectivity index (χ4n) is 5.79. The standard InChI is InChI=1S/C34H39ClN6O2/c1-2-3-4-5-6-7-8-9-10-11-15-23-36-34(43)33-30(27-16-13-12-14-17-27)22-24-40(33)32(42)21-18-28-25-29(35)19-20-31(28)41-26-37-38-39-41/h2-11,15,18-21,25-27,30,33H,1,12-14,16-17,22-24H2,(H,36,43)/b4-3-,6-5-,8-7-,10-9-,15-11-,21-18+/t30-,33-/m0/s1. The molecule has 1 aromatic heterocycles. The molecule has 1 N–H and O–H groups in total. The van der Waals surface area contributed by atoms with Crippen LogP contribution in [0, 0.1) is 11.8 Å². The van der Waals surface area contributed by atoms with Crippen molar-refractivity contribution in [2.75, 3.05) is 13.1 Å². The number of carbonyl (C=O) groups is 2. The average molecular weight is 599 g/mol. The topological polar surface area (TPSA) is 93.0 Å². The molecular formula is C34H39ClN6O2. The largest absolute Gasteiger partial charge is 0.351 e. The van der Waals surface area contributed by atoms with Gasteiger partial charge in [0.2, 0.25) is 11.8 Å². The molecule has 1 aliphatic carbocycles. The van der Waals surface area contributed by atoms with Crippen molar-refractivity contribution in [2.45, 2.75) is 44.6 Å². The maximum atomic E-state index is 13.6. The molecule has 1 aromatic carbocycles. The van der Waals surface area contributed by atoms with Crippen molar-refractivity contribution in [1.29, 1.82) is 0 Å². The second-order valence-electron chi connectivity index (χ2n) is 10.6. The number of hydrogen-bond acceptors (Lipinski definition) is 5. The Balaban J connectivity index is 1.41. The lowest BCUT2D eigenvalue weighted by molar-refractivity contribution is -0.136. The van der Waals surface area contributed by atoms with Crippen LogP contribution in [0.25, 0.3) is 11.8 Å². The van der Waals surface area contributed by atoms with Gasteiger partial charge in [-0.15, -0.1) is 5.10 Å². The number of tetrazole rings is 1. The number of halogens is 1. The van der Waals surface area contributed by atoms with E-state index < -0.39 is 6.04 Å². The zero-order chi connectivity index (χ0) is 30.3. The van der Waals surface area contributed by atoms with Gasteiger partial charge in [-0.2, -0.15) is 4.68 Å². The van der Waals surface area contributed by atoms with Gasteiger partial charge >= 0.3 is 0 Å². The summed E-state index contributed by atoms with van der Waals surface area (Å²) in [4.78, 5) is 28.9. The quantitative estimate of drug-likeness (QED) is 0.232. The Morgan fingerprint density at radius 3 is 2.40 bits per heavy atom. The number of likely N-dealkylation sites (tertiary alicyclic amines) is 1. The third kappa shape index (κ3) is 9.35. The van der Waals surface area contributed by atoms with Crippen molar-refractivity contribution in [3.8, 4) is 5.69 Å². The maximum absolute atomic E-state index is 13.6. The highest BCUT2D eigenvalue weighted by Crippen LogP contribution is 2.39. The summed E-state index contributed by atoms with van der Waals surface area (Å²) in [5, 5.41) is 15.0. The minimum Gasteiger partial charge on any atom is -0.351 e. The summed E-state index contributed by atoms with van der Waals surface area (Å²) in [6, 6.07) is 4.81. The van der Waals surface area contributed by atoms with E-state index in [0.717, 1.165) is 19.3 Å². The third-order valence-corrected chi connectivity index (χ3v) is 8.03. The normalized spacial score (nSPS) is 20.2. The number of hydrogen-bond donors (Lipinski definition) is 1. The Morgan fingerprint density at radius 2 is 1.70 bits per heavy atom. The fourth-order valence-corrected chi connectivity index (χ4v) is 5.97. The predicted molar refractivity (Wildman–Crippen MR) is 172 cm³/mol. The number of allylic oxidation sites excluding steroid dienone is 10. The van der Waals surface area contributed by atoms with Crippen molar-refractivity contribution in [1.82, 2.24) is 30.4 Å². The van der Waals surface area contributed by atoms with Gasteiger partial charge in [-0.1, -0.05) is 117 Å². The molecule has 1 saturated carbocycles. The van der Waals surface area contributed by atoms with Gasteiger partial charge in [-0.3, -0.25) is 9.59 Å². The summed E-state index contributed by atoms with van der Waals surface area (Å²) in [6.07, 6.45) is 32.3. The van der Waals surface area contributed by atoms with Crippen molar-refractivity contribution in [3.05, 3.63) is 115 Å². The average Bonchev–Trinajstić information content (AvgIpc) is 3.72. The Labute approximate surface area is 258 Å². The number of rotatable bonds is 12. The first-order valence-electron chi connectivity index (χ1n) is 14.8. The van der Waals surface area contributed by atoms with Crippen molar-refractivity contribution in [3.63, 3.8) is 0 Å². The first-order chi connectivity index (χ1) is 21.1. The molecule has 0 bridgehead atoms. The van der Waals surface area contributed by atoms with Crippen molar-refractivity contribution >= 4 is 29.5 Å². The van der Waals surface area contributed by atoms with Crippen LogP contribution < -0.4 is 5.32 Å². The van der Waals surface area contributed by atoms with Gasteiger partial charge in [0.05, 0.1) is 5.69 Å². The molecule has 0 radical (unpaired) electrons. The maximum Gasteiger partial charge on any atom is 0.247 e. The molecule has 9 heteroatoms. The molecule has 1 aliphatic heterocycles. The Kier molecular flexibility index (Phi) is 12.5. The second kappa shape index (κ2) is 17.0. The molecule has 1 saturated heterocycles. The molecule has 2 aromatic rings. The Morgan fingerprint density at radius 1 is 0.977 bits per heavy atom. The second-order valence-corrected chi connectivity index (χ2v) is 11.0. The van der Waals surface area contributed by atoms with Gasteiger partial charge in [-0.05, 0) is 53.0 Å². The van der Waals surface area contributed by atoms with Crippen LogP contribution in [0.3, 0.4) is 0 Å². The SMILES string of the molecule is C=C\C=C/C=C\C=C/C=C\C=C/CNC(=O)[C@@H]1[C@H](C2CCCCC2)CCN1C(=O)/C=C/c1cc(Cl)ccc1-n1cnnn1. The number of amides is 2. The first kappa shape index (κ1) is 31.6. The highest BCUT2D eigenvalue weighted by Gasteiger charge is 2.44. The number of carbonyl (C=O) groups excluding carboxylic acids is 2. The molecule has 0 unspecified atom stereocenters. The summed E-state index contributed by atoms with van der Waals surface area (Å²) in [5.41, 5.74) is 1.40. The summed E-state index contributed by atoms with van der Waals surface area (Å²) >= 11 is 6.25. The van der Waals surface area contributed by atoms with Crippen LogP contribution in [0.5, 0.6) is 0 Å². The van der Waals surface area contributed by atoms with Crippen LogP contribution in [0.2, 0.25) is 5.02 Å². The molecule has 43 heavy (non-hydrogen) atoms. The van der Waals surface area contributed by atoms with Crippen molar-refractivity contribution in [2.24, 2.45) is 11.8 Å². The number of aromatic nitrogens is 4. The van der Waals surface area contributed by atoms with Crippen molar-refractivity contribution < 1.29 is 9.59 Å². The van der Waals surface area contributed by atoms with Gasteiger partial charge in [0.1, 0.15) is 12.4 Å². The van der Waals surface area contributed by atoms with Crippen LogP contribution >= 0.6 is 11.6 Å². The van der Waals surface area contributed by atoms with Gasteiger partial charge in [0.25, 0.3) is 0 Å². The van der Waals surface area contributed by atoms with Gasteiger partial charge < -0.3 is 10.2 Å². The molecule has 2 amide bonds. The van der Waals surface area contributed by atoms with Crippen LogP contribution in [-0.2, 0) is 9.59 Å². The molecular weight excluding hydrogens is 560 g/mol. The molecule has 0 spiro atoms. The zero-order valence-corrected chi connectivity index (χ0v) is 25.1. The highest BCUT2D eigenvalue weighted by atomic mass is 35.5. The minimum atomic E-state index is -0.493. The Bertz CT molecular complexity index is 1400. The monoisotopic (exact) mass is 598 g/mol. The minimum absolute atomic E-state index is 0.0989. The summed E-state index contributed by atoms with van der Waals surface area (Å²) in [6.45, 7) is 4.58. The summed E-state index contributed by atoms with van der Waals surface area (Å²) in [7, 11) is 0. The van der Waals surface area contributed by atoms with E-state index in [2.05, 4.69) is 27.4 Å². The summed E-state index contributed by atoms with van der Waals surface area (Å²) < 4.78 is 1.52. The lowest BCUT2D eigenvalue weighted by atomic mass is 9.76. The third-order valence-electron chi connectivity index (χ3n) is 7.80. The smallest absolute Gasteiger partial charge is 0.247 e. The van der Waals surface area contributed by atoms with E-state index in [4.69, 9.17) is 11.6 Å². The van der Waals surface area contributed by atoms with E-state index in [0.29, 0.717) is 35.3 Å². The van der Waals surface area contributed by atoms with E-state index in [1.807, 2.05) is 60.8 Å². The molecule has 2 atom stereocenters. The number of nitrogens with one attached hydrogen (secondary N) is 1. The summed E-state index contributed by atoms with van der Waals surface area (Å²) in [5.74, 6) is 0.319. The molecule has 2 heterocycles. The van der Waals surface area contributed by atoms with E-state index in [9.17, 15) is 9.59 Å². The van der Waals surface area contributed by atoms with Gasteiger partial charge in [0, 0.05) is 29.8 Å². The Hall–Kier alpha value is -4.30. The van der Waals surface area contributed by atoms with Crippen LogP contribution in [0.4, 0.5) is 0 Å². The van der Waals surface area contributed by atoms with Gasteiger partial charge in [-0.25, -0.2) is 0 Å². The molecule has 8 nitrogen and oxygen atoms in total. The predicted octanol–water partition coefficient (Wildman–Crippen LogP) is 6.21. The molecule has 2 fully saturated rings. The van der Waals surface area contributed by atoms with E-state index >= 15 is 0 Å². The van der Waals surface area contributed by atoms with Crippen LogP contribution in [0.15, 0.2) is 104 Å². The first-order valence-corrected chi connectivity index (χ1v) is 15.2. The molecule has 224 valence electrons. The molecule has 2 aliphatic rings. The number of nitrogens with zero attached hydrogens (tertiary/aromatic N) is 5. The van der Waals surface area contributed by atoms with Crippen LogP contribution in [-0.4, -0.2) is 56.1 Å². The van der Waals surface area contributed by atoms with E-state index in [-0.39, 0.29) is 17.7 Å². The zero-order valence-electron chi connectivity index (χ0n) is 24.3. The van der Waals surface area contributed by atoms with Crippen LogP contribution in [0.1, 0.15) is 44.1 Å². The van der Waals surface area contributed by atoms with E-state index in [1.165, 1.54) is 36.3 Å². The highest BCUT2D eigenvalue weighted by molar-refractivity contribution is 6.30. The van der Waals surface area contributed by atoms with Gasteiger partial charge in [0.15, 0.2) is 0 Å². The fraction of sp³-hybridized carbons (Fsp3) is 0.324. The molecule has 4 rings (SSSR count). The van der Waals surface area contributed by atoms with E-state index in [1.54, 1.807) is 35.3 Å². The lowest BCUT2D eigenvalue weighted by Gasteiger charge is -2.33.